The van der Waals surface area contributed by atoms with Gasteiger partial charge in [-0.3, -0.25) is 4.79 Å². The first-order chi connectivity index (χ1) is 6.11. The quantitative estimate of drug-likeness (QED) is 0.673. The monoisotopic (exact) mass is 186 g/mol. The van der Waals surface area contributed by atoms with Crippen molar-refractivity contribution in [2.45, 2.75) is 26.7 Å². The Morgan fingerprint density at radius 3 is 2.23 bits per heavy atom. The van der Waals surface area contributed by atoms with Gasteiger partial charge in [0.2, 0.25) is 5.91 Å². The highest BCUT2D eigenvalue weighted by Gasteiger charge is 2.12. The molecule has 0 heterocycles. The van der Waals surface area contributed by atoms with E-state index in [1.54, 1.807) is 0 Å². The summed E-state index contributed by atoms with van der Waals surface area (Å²) < 4.78 is 0. The highest BCUT2D eigenvalue weighted by molar-refractivity contribution is 5.78. The molecule has 3 nitrogen and oxygen atoms in total. The second kappa shape index (κ2) is 6.89. The molecule has 0 saturated carbocycles. The van der Waals surface area contributed by atoms with Gasteiger partial charge in [0.1, 0.15) is 0 Å². The van der Waals surface area contributed by atoms with Gasteiger partial charge in [-0.15, -0.1) is 0 Å². The normalized spacial score (nSPS) is 10.9. The molecule has 0 unspecified atom stereocenters. The van der Waals surface area contributed by atoms with Crippen LogP contribution in [-0.4, -0.2) is 38.0 Å². The summed E-state index contributed by atoms with van der Waals surface area (Å²) in [5.41, 5.74) is 0. The maximum absolute atomic E-state index is 11.5. The fourth-order valence-electron chi connectivity index (χ4n) is 1.21. The lowest BCUT2D eigenvalue weighted by Gasteiger charge is -2.14. The van der Waals surface area contributed by atoms with Crippen molar-refractivity contribution >= 4 is 5.91 Å². The molecule has 0 aromatic rings. The maximum Gasteiger partial charge on any atom is 0.223 e. The van der Waals surface area contributed by atoms with Crippen molar-refractivity contribution in [2.24, 2.45) is 5.92 Å². The summed E-state index contributed by atoms with van der Waals surface area (Å²) in [6, 6.07) is 0. The number of nitrogens with one attached hydrogen (secondary N) is 1. The number of likely N-dealkylation sites (N-methyl/N-ethyl adjacent to an activating group) is 1. The number of carbonyl (C=O) groups excluding carboxylic acids is 1. The third kappa shape index (κ3) is 5.64. The maximum atomic E-state index is 11.5. The standard InChI is InChI=1S/C10H22N2O/c1-5-9(6-2)10(13)11-7-8-12(3)4/h9H,5-8H2,1-4H3,(H,11,13). The first kappa shape index (κ1) is 12.4. The predicted octanol–water partition coefficient (Wildman–Crippen LogP) is 1.10. The lowest BCUT2D eigenvalue weighted by molar-refractivity contribution is -0.125. The Morgan fingerprint density at radius 2 is 1.85 bits per heavy atom. The van der Waals surface area contributed by atoms with Gasteiger partial charge in [-0.25, -0.2) is 0 Å². The molecule has 13 heavy (non-hydrogen) atoms. The van der Waals surface area contributed by atoms with E-state index in [0.717, 1.165) is 25.9 Å². The molecule has 78 valence electrons. The molecule has 0 aliphatic carbocycles. The Labute approximate surface area is 81.5 Å². The van der Waals surface area contributed by atoms with E-state index in [1.165, 1.54) is 0 Å². The molecule has 1 amide bonds. The molecule has 0 aromatic carbocycles. The van der Waals surface area contributed by atoms with E-state index in [-0.39, 0.29) is 11.8 Å². The fourth-order valence-corrected chi connectivity index (χ4v) is 1.21. The van der Waals surface area contributed by atoms with Gasteiger partial charge in [0.05, 0.1) is 0 Å². The molecular weight excluding hydrogens is 164 g/mol. The molecule has 0 rings (SSSR count). The van der Waals surface area contributed by atoms with Crippen molar-refractivity contribution < 1.29 is 4.79 Å². The molecule has 0 atom stereocenters. The average molecular weight is 186 g/mol. The molecule has 0 radical (unpaired) electrons. The summed E-state index contributed by atoms with van der Waals surface area (Å²) in [6.45, 7) is 5.77. The van der Waals surface area contributed by atoms with Crippen LogP contribution < -0.4 is 5.32 Å². The molecule has 0 aromatic heterocycles. The lowest BCUT2D eigenvalue weighted by atomic mass is 10.0. The van der Waals surface area contributed by atoms with Crippen LogP contribution in [0, 0.1) is 5.92 Å². The molecule has 0 fully saturated rings. The largest absolute Gasteiger partial charge is 0.355 e. The van der Waals surface area contributed by atoms with E-state index >= 15 is 0 Å². The van der Waals surface area contributed by atoms with E-state index in [4.69, 9.17) is 0 Å². The number of nitrogens with zero attached hydrogens (tertiary/aromatic N) is 1. The predicted molar refractivity (Wildman–Crippen MR) is 55.6 cm³/mol. The summed E-state index contributed by atoms with van der Waals surface area (Å²) >= 11 is 0. The van der Waals surface area contributed by atoms with Gasteiger partial charge in [-0.1, -0.05) is 13.8 Å². The Kier molecular flexibility index (Phi) is 6.59. The smallest absolute Gasteiger partial charge is 0.223 e. The Morgan fingerprint density at radius 1 is 1.31 bits per heavy atom. The van der Waals surface area contributed by atoms with Crippen LogP contribution in [0.2, 0.25) is 0 Å². The van der Waals surface area contributed by atoms with Gasteiger partial charge < -0.3 is 10.2 Å². The van der Waals surface area contributed by atoms with Crippen molar-refractivity contribution in [2.75, 3.05) is 27.2 Å². The van der Waals surface area contributed by atoms with E-state index in [9.17, 15) is 4.79 Å². The summed E-state index contributed by atoms with van der Waals surface area (Å²) in [6.07, 6.45) is 1.87. The Balaban J connectivity index is 3.60. The van der Waals surface area contributed by atoms with Crippen LogP contribution in [0.15, 0.2) is 0 Å². The molecule has 0 bridgehead atoms. The van der Waals surface area contributed by atoms with Gasteiger partial charge in [0, 0.05) is 19.0 Å². The molecule has 0 saturated heterocycles. The first-order valence-electron chi connectivity index (χ1n) is 5.04. The minimum Gasteiger partial charge on any atom is -0.355 e. The Bertz CT molecular complexity index is 142. The van der Waals surface area contributed by atoms with Crippen LogP contribution in [0.5, 0.6) is 0 Å². The number of hydrogen-bond acceptors (Lipinski definition) is 2. The molecule has 1 N–H and O–H groups in total. The van der Waals surface area contributed by atoms with Gasteiger partial charge in [-0.05, 0) is 26.9 Å². The summed E-state index contributed by atoms with van der Waals surface area (Å²) in [5, 5.41) is 2.94. The van der Waals surface area contributed by atoms with Gasteiger partial charge in [0.25, 0.3) is 0 Å². The number of hydrogen-bond donors (Lipinski definition) is 1. The molecular formula is C10H22N2O. The van der Waals surface area contributed by atoms with Crippen molar-refractivity contribution in [1.82, 2.24) is 10.2 Å². The van der Waals surface area contributed by atoms with E-state index in [0.29, 0.717) is 0 Å². The third-order valence-electron chi connectivity index (χ3n) is 2.21. The van der Waals surface area contributed by atoms with Gasteiger partial charge in [0.15, 0.2) is 0 Å². The van der Waals surface area contributed by atoms with Crippen molar-refractivity contribution in [3.63, 3.8) is 0 Å². The summed E-state index contributed by atoms with van der Waals surface area (Å²) in [5.74, 6) is 0.397. The second-order valence-electron chi connectivity index (χ2n) is 3.61. The van der Waals surface area contributed by atoms with Crippen LogP contribution in [0.4, 0.5) is 0 Å². The van der Waals surface area contributed by atoms with Crippen molar-refractivity contribution in [3.05, 3.63) is 0 Å². The highest BCUT2D eigenvalue weighted by atomic mass is 16.1. The number of rotatable bonds is 6. The van der Waals surface area contributed by atoms with E-state index in [1.807, 2.05) is 14.1 Å². The van der Waals surface area contributed by atoms with Crippen LogP contribution >= 0.6 is 0 Å². The third-order valence-corrected chi connectivity index (χ3v) is 2.21. The Hall–Kier alpha value is -0.570. The SMILES string of the molecule is CCC(CC)C(=O)NCCN(C)C. The van der Waals surface area contributed by atoms with E-state index in [2.05, 4.69) is 24.1 Å². The van der Waals surface area contributed by atoms with Crippen molar-refractivity contribution in [3.8, 4) is 0 Å². The minimum atomic E-state index is 0.196. The number of carbonyl (C=O) groups is 1. The second-order valence-corrected chi connectivity index (χ2v) is 3.61. The fraction of sp³-hybridized carbons (Fsp3) is 0.900. The van der Waals surface area contributed by atoms with Crippen LogP contribution in [0.1, 0.15) is 26.7 Å². The molecule has 0 spiro atoms. The summed E-state index contributed by atoms with van der Waals surface area (Å²) in [4.78, 5) is 13.5. The van der Waals surface area contributed by atoms with Crippen LogP contribution in [0.25, 0.3) is 0 Å². The molecule has 0 aliphatic heterocycles. The highest BCUT2D eigenvalue weighted by Crippen LogP contribution is 2.06. The average Bonchev–Trinajstić information content (AvgIpc) is 2.05. The summed E-state index contributed by atoms with van der Waals surface area (Å²) in [7, 11) is 4.01. The minimum absolute atomic E-state index is 0.196. The molecule has 0 aliphatic rings. The van der Waals surface area contributed by atoms with Gasteiger partial charge >= 0.3 is 0 Å². The first-order valence-corrected chi connectivity index (χ1v) is 5.04. The zero-order valence-electron chi connectivity index (χ0n) is 9.26. The zero-order chi connectivity index (χ0) is 10.3. The van der Waals surface area contributed by atoms with Crippen LogP contribution in [0.3, 0.4) is 0 Å². The zero-order valence-corrected chi connectivity index (χ0v) is 9.26. The van der Waals surface area contributed by atoms with Crippen molar-refractivity contribution in [1.29, 1.82) is 0 Å². The van der Waals surface area contributed by atoms with Crippen LogP contribution in [-0.2, 0) is 4.79 Å². The number of amides is 1. The van der Waals surface area contributed by atoms with Gasteiger partial charge in [-0.2, -0.15) is 0 Å². The topological polar surface area (TPSA) is 32.3 Å². The molecule has 3 heteroatoms. The lowest BCUT2D eigenvalue weighted by Crippen LogP contribution is -2.35. The van der Waals surface area contributed by atoms with E-state index < -0.39 is 0 Å².